The van der Waals surface area contributed by atoms with Gasteiger partial charge in [-0.25, -0.2) is 5.43 Å². The van der Waals surface area contributed by atoms with Crippen LogP contribution in [0.2, 0.25) is 0 Å². The van der Waals surface area contributed by atoms with E-state index < -0.39 is 0 Å². The van der Waals surface area contributed by atoms with Crippen molar-refractivity contribution in [1.82, 2.24) is 15.0 Å². The monoisotopic (exact) mass is 379 g/mol. The van der Waals surface area contributed by atoms with Crippen LogP contribution in [0.25, 0.3) is 0 Å². The molecule has 7 heteroatoms. The van der Waals surface area contributed by atoms with Gasteiger partial charge < -0.3 is 9.80 Å². The molecule has 0 bridgehead atoms. The highest BCUT2D eigenvalue weighted by Crippen LogP contribution is 2.22. The third kappa shape index (κ3) is 4.77. The first-order chi connectivity index (χ1) is 13.8. The summed E-state index contributed by atoms with van der Waals surface area (Å²) in [5.41, 5.74) is 5.30. The van der Waals surface area contributed by atoms with Crippen molar-refractivity contribution < 1.29 is 0 Å². The molecule has 3 heterocycles. The van der Waals surface area contributed by atoms with Crippen molar-refractivity contribution in [2.45, 2.75) is 45.4 Å². The summed E-state index contributed by atoms with van der Waals surface area (Å²) in [7, 11) is 0. The molecule has 28 heavy (non-hydrogen) atoms. The van der Waals surface area contributed by atoms with E-state index in [1.165, 1.54) is 44.1 Å². The summed E-state index contributed by atoms with van der Waals surface area (Å²) in [6.45, 7) is 6.12. The topological polar surface area (TPSA) is 69.5 Å². The summed E-state index contributed by atoms with van der Waals surface area (Å²) in [6, 6.07) is 8.25. The highest BCUT2D eigenvalue weighted by molar-refractivity contribution is 5.80. The van der Waals surface area contributed by atoms with Crippen molar-refractivity contribution in [3.05, 3.63) is 35.4 Å². The zero-order valence-corrected chi connectivity index (χ0v) is 16.6. The van der Waals surface area contributed by atoms with Gasteiger partial charge in [0.25, 0.3) is 0 Å². The molecule has 0 aliphatic carbocycles. The number of nitrogens with one attached hydrogen (secondary N) is 1. The van der Waals surface area contributed by atoms with Crippen LogP contribution in [0.15, 0.2) is 29.4 Å². The van der Waals surface area contributed by atoms with E-state index in [1.54, 1.807) is 6.21 Å². The molecule has 2 fully saturated rings. The minimum Gasteiger partial charge on any atom is -0.341 e. The van der Waals surface area contributed by atoms with Gasteiger partial charge in [0, 0.05) is 26.2 Å². The SMILES string of the molecule is Cc1ccc(/C=N/Nc2nc(N3CCCCC3)nc(N3CCCCC3)n2)cc1. The Kier molecular flexibility index (Phi) is 5.99. The minimum atomic E-state index is 0.513. The highest BCUT2D eigenvalue weighted by Gasteiger charge is 2.20. The Morgan fingerprint density at radius 1 is 0.786 bits per heavy atom. The van der Waals surface area contributed by atoms with Gasteiger partial charge in [-0.15, -0.1) is 0 Å². The van der Waals surface area contributed by atoms with E-state index in [0.717, 1.165) is 43.6 Å². The molecule has 0 saturated carbocycles. The molecule has 1 N–H and O–H groups in total. The second kappa shape index (κ2) is 8.99. The second-order valence-electron chi connectivity index (χ2n) is 7.64. The Balaban J connectivity index is 1.54. The van der Waals surface area contributed by atoms with E-state index in [-0.39, 0.29) is 0 Å². The maximum Gasteiger partial charge on any atom is 0.250 e. The first-order valence-corrected chi connectivity index (χ1v) is 10.4. The average Bonchev–Trinajstić information content (AvgIpc) is 2.76. The van der Waals surface area contributed by atoms with Gasteiger partial charge in [0.15, 0.2) is 0 Å². The maximum atomic E-state index is 4.79. The number of benzene rings is 1. The molecule has 1 aromatic heterocycles. The van der Waals surface area contributed by atoms with Crippen LogP contribution in [0.5, 0.6) is 0 Å². The molecule has 1 aromatic carbocycles. The maximum absolute atomic E-state index is 4.79. The fourth-order valence-corrected chi connectivity index (χ4v) is 3.69. The van der Waals surface area contributed by atoms with Gasteiger partial charge in [-0.3, -0.25) is 0 Å². The van der Waals surface area contributed by atoms with Crippen LogP contribution in [0, 0.1) is 6.92 Å². The number of aromatic nitrogens is 3. The zero-order chi connectivity index (χ0) is 19.2. The summed E-state index contributed by atoms with van der Waals surface area (Å²) in [6.07, 6.45) is 9.14. The van der Waals surface area contributed by atoms with Gasteiger partial charge in [-0.2, -0.15) is 20.1 Å². The van der Waals surface area contributed by atoms with Crippen LogP contribution in [0.1, 0.15) is 49.7 Å². The number of hydrogen-bond donors (Lipinski definition) is 1. The molecule has 0 unspecified atom stereocenters. The van der Waals surface area contributed by atoms with Gasteiger partial charge >= 0.3 is 0 Å². The Morgan fingerprint density at radius 3 is 1.86 bits per heavy atom. The molecule has 0 amide bonds. The van der Waals surface area contributed by atoms with Gasteiger partial charge in [-0.05, 0) is 51.0 Å². The Morgan fingerprint density at radius 2 is 1.32 bits per heavy atom. The predicted molar refractivity (Wildman–Crippen MR) is 114 cm³/mol. The molecule has 2 aliphatic heterocycles. The summed E-state index contributed by atoms with van der Waals surface area (Å²) >= 11 is 0. The molecule has 2 aliphatic rings. The lowest BCUT2D eigenvalue weighted by molar-refractivity contribution is 0.556. The lowest BCUT2D eigenvalue weighted by atomic mass is 10.1. The Bertz CT molecular complexity index is 755. The molecule has 0 atom stereocenters. The number of nitrogens with zero attached hydrogens (tertiary/aromatic N) is 6. The first kappa shape index (κ1) is 18.7. The van der Waals surface area contributed by atoms with Crippen LogP contribution in [0.4, 0.5) is 17.8 Å². The van der Waals surface area contributed by atoms with Crippen LogP contribution in [0.3, 0.4) is 0 Å². The number of hydrazone groups is 1. The first-order valence-electron chi connectivity index (χ1n) is 10.4. The van der Waals surface area contributed by atoms with E-state index in [2.05, 4.69) is 49.4 Å². The van der Waals surface area contributed by atoms with E-state index in [9.17, 15) is 0 Å². The zero-order valence-electron chi connectivity index (χ0n) is 16.6. The number of rotatable bonds is 5. The molecule has 2 saturated heterocycles. The smallest absolute Gasteiger partial charge is 0.250 e. The number of anilines is 3. The highest BCUT2D eigenvalue weighted by atomic mass is 15.4. The van der Waals surface area contributed by atoms with Crippen molar-refractivity contribution in [3.8, 4) is 0 Å². The summed E-state index contributed by atoms with van der Waals surface area (Å²) in [5.74, 6) is 2.05. The third-order valence-electron chi connectivity index (χ3n) is 5.35. The van der Waals surface area contributed by atoms with Gasteiger partial charge in [0.2, 0.25) is 17.8 Å². The van der Waals surface area contributed by atoms with Crippen molar-refractivity contribution in [2.24, 2.45) is 5.10 Å². The summed E-state index contributed by atoms with van der Waals surface area (Å²) in [5, 5.41) is 4.35. The van der Waals surface area contributed by atoms with Gasteiger partial charge in [0.05, 0.1) is 6.21 Å². The third-order valence-corrected chi connectivity index (χ3v) is 5.35. The average molecular weight is 380 g/mol. The molecule has 2 aromatic rings. The predicted octanol–water partition coefficient (Wildman–Crippen LogP) is 3.61. The minimum absolute atomic E-state index is 0.513. The summed E-state index contributed by atoms with van der Waals surface area (Å²) in [4.78, 5) is 18.6. The van der Waals surface area contributed by atoms with E-state index >= 15 is 0 Å². The standard InChI is InChI=1S/C21H29N7/c1-17-8-10-18(11-9-17)16-22-26-19-23-20(27-12-4-2-5-13-27)25-21(24-19)28-14-6-3-7-15-28/h8-11,16H,2-7,12-15H2,1H3,(H,23,24,25,26)/b22-16+. The van der Waals surface area contributed by atoms with Crippen LogP contribution < -0.4 is 15.2 Å². The molecular weight excluding hydrogens is 350 g/mol. The largest absolute Gasteiger partial charge is 0.341 e. The number of piperidine rings is 2. The van der Waals surface area contributed by atoms with Crippen LogP contribution in [-0.2, 0) is 0 Å². The molecule has 7 nitrogen and oxygen atoms in total. The Hall–Kier alpha value is -2.70. The van der Waals surface area contributed by atoms with E-state index in [0.29, 0.717) is 5.95 Å². The van der Waals surface area contributed by atoms with Crippen LogP contribution in [-0.4, -0.2) is 47.3 Å². The molecule has 148 valence electrons. The molecule has 0 radical (unpaired) electrons. The van der Waals surface area contributed by atoms with Gasteiger partial charge in [0.1, 0.15) is 0 Å². The fraction of sp³-hybridized carbons (Fsp3) is 0.524. The second-order valence-corrected chi connectivity index (χ2v) is 7.64. The van der Waals surface area contributed by atoms with E-state index in [1.807, 2.05) is 12.1 Å². The number of hydrogen-bond acceptors (Lipinski definition) is 7. The normalized spacial score (nSPS) is 17.9. The van der Waals surface area contributed by atoms with E-state index in [4.69, 9.17) is 4.98 Å². The Labute approximate surface area is 166 Å². The lowest BCUT2D eigenvalue weighted by Crippen LogP contribution is -2.34. The quantitative estimate of drug-likeness (QED) is 0.632. The number of aryl methyl sites for hydroxylation is 1. The fourth-order valence-electron chi connectivity index (χ4n) is 3.69. The molecular formula is C21H29N7. The van der Waals surface area contributed by atoms with Crippen molar-refractivity contribution in [1.29, 1.82) is 0 Å². The molecule has 0 spiro atoms. The van der Waals surface area contributed by atoms with Gasteiger partial charge in [-0.1, -0.05) is 29.8 Å². The lowest BCUT2D eigenvalue weighted by Gasteiger charge is -2.30. The summed E-state index contributed by atoms with van der Waals surface area (Å²) < 4.78 is 0. The van der Waals surface area contributed by atoms with Crippen molar-refractivity contribution in [2.75, 3.05) is 41.4 Å². The molecule has 4 rings (SSSR count). The van der Waals surface area contributed by atoms with Crippen LogP contribution >= 0.6 is 0 Å². The van der Waals surface area contributed by atoms with Crippen molar-refractivity contribution >= 4 is 24.1 Å². The van der Waals surface area contributed by atoms with Crippen molar-refractivity contribution in [3.63, 3.8) is 0 Å².